The van der Waals surface area contributed by atoms with Crippen LogP contribution in [0.2, 0.25) is 0 Å². The van der Waals surface area contributed by atoms with Crippen LogP contribution < -0.4 is 11.1 Å². The van der Waals surface area contributed by atoms with Crippen molar-refractivity contribution in [3.8, 4) is 11.1 Å². The molecule has 3 heterocycles. The topological polar surface area (TPSA) is 115 Å². The van der Waals surface area contributed by atoms with Gasteiger partial charge >= 0.3 is 0 Å². The highest BCUT2D eigenvalue weighted by Gasteiger charge is 2.48. The maximum absolute atomic E-state index is 13.3. The van der Waals surface area contributed by atoms with Crippen LogP contribution in [0.25, 0.3) is 22.0 Å². The van der Waals surface area contributed by atoms with Crippen molar-refractivity contribution in [2.45, 2.75) is 68.5 Å². The molecule has 0 atom stereocenters. The molecule has 7 rings (SSSR count). The quantitative estimate of drug-likeness (QED) is 0.547. The zero-order chi connectivity index (χ0) is 23.3. The fourth-order valence-corrected chi connectivity index (χ4v) is 5.93. The molecule has 3 saturated carbocycles. The van der Waals surface area contributed by atoms with E-state index in [2.05, 4.69) is 38.3 Å². The van der Waals surface area contributed by atoms with Crippen molar-refractivity contribution in [1.29, 1.82) is 0 Å². The monoisotopic (exact) mass is 461 g/mol. The van der Waals surface area contributed by atoms with Gasteiger partial charge in [0.15, 0.2) is 0 Å². The lowest BCUT2D eigenvalue weighted by molar-refractivity contribution is -0.0702. The Labute approximate surface area is 198 Å². The number of nitrogens with one attached hydrogen (secondary N) is 1. The van der Waals surface area contributed by atoms with Crippen molar-refractivity contribution >= 4 is 22.6 Å². The van der Waals surface area contributed by atoms with Crippen LogP contribution in [0.3, 0.4) is 0 Å². The fraction of sp³-hybridized carbons (Fsp3) is 0.500. The van der Waals surface area contributed by atoms with Gasteiger partial charge in [-0.3, -0.25) is 9.48 Å². The van der Waals surface area contributed by atoms with E-state index >= 15 is 0 Å². The van der Waals surface area contributed by atoms with Crippen molar-refractivity contribution in [3.05, 3.63) is 42.2 Å². The van der Waals surface area contributed by atoms with E-state index in [0.717, 1.165) is 86.6 Å². The third kappa shape index (κ3) is 3.75. The predicted octanol–water partition coefficient (Wildman–Crippen LogP) is 3.60. The fourth-order valence-electron chi connectivity index (χ4n) is 5.93. The number of benzene rings is 1. The van der Waals surface area contributed by atoms with Gasteiger partial charge in [-0.05, 0) is 75.1 Å². The summed E-state index contributed by atoms with van der Waals surface area (Å²) in [6, 6.07) is 8.43. The van der Waals surface area contributed by atoms with Gasteiger partial charge in [0.05, 0.1) is 28.9 Å². The van der Waals surface area contributed by atoms with E-state index in [1.807, 2.05) is 12.3 Å². The predicted molar refractivity (Wildman–Crippen MR) is 129 cm³/mol. The third-order valence-corrected chi connectivity index (χ3v) is 8.21. The average molecular weight is 462 g/mol. The van der Waals surface area contributed by atoms with E-state index in [9.17, 15) is 9.90 Å². The lowest BCUT2D eigenvalue weighted by Gasteiger charge is -2.51. The van der Waals surface area contributed by atoms with Crippen molar-refractivity contribution < 1.29 is 14.6 Å². The minimum absolute atomic E-state index is 0.187. The highest BCUT2D eigenvalue weighted by atomic mass is 16.5. The SMILES string of the molecule is Nc1ncc(-c2ccc3c(cnn3C3CCOCC3)c2)cc1C(=O)NC12CCC(O)(CC1)CC2. The van der Waals surface area contributed by atoms with Crippen LogP contribution >= 0.6 is 0 Å². The lowest BCUT2D eigenvalue weighted by Crippen LogP contribution is -2.58. The average Bonchev–Trinajstić information content (AvgIpc) is 3.29. The van der Waals surface area contributed by atoms with Crippen LogP contribution in [0.15, 0.2) is 36.7 Å². The van der Waals surface area contributed by atoms with E-state index in [4.69, 9.17) is 10.5 Å². The number of anilines is 1. The Morgan fingerprint density at radius 3 is 2.53 bits per heavy atom. The highest BCUT2D eigenvalue weighted by molar-refractivity contribution is 6.00. The second kappa shape index (κ2) is 8.06. The Balaban J connectivity index is 1.26. The van der Waals surface area contributed by atoms with Crippen LogP contribution in [-0.2, 0) is 4.74 Å². The molecule has 2 aromatic heterocycles. The molecule has 0 radical (unpaired) electrons. The first-order valence-electron chi connectivity index (χ1n) is 12.3. The van der Waals surface area contributed by atoms with E-state index < -0.39 is 5.60 Å². The number of aliphatic hydroxyl groups is 1. The number of pyridine rings is 1. The number of carbonyl (C=O) groups is 1. The number of nitrogen functional groups attached to an aromatic ring is 1. The number of rotatable bonds is 4. The maximum Gasteiger partial charge on any atom is 0.255 e. The first-order valence-corrected chi connectivity index (χ1v) is 12.3. The van der Waals surface area contributed by atoms with Crippen molar-refractivity contribution in [3.63, 3.8) is 0 Å². The van der Waals surface area contributed by atoms with Crippen LogP contribution in [0.4, 0.5) is 5.82 Å². The molecule has 8 nitrogen and oxygen atoms in total. The summed E-state index contributed by atoms with van der Waals surface area (Å²) in [5.74, 6) is 0.0433. The zero-order valence-electron chi connectivity index (χ0n) is 19.3. The number of aromatic nitrogens is 3. The Bertz CT molecular complexity index is 1220. The maximum atomic E-state index is 13.3. The third-order valence-electron chi connectivity index (χ3n) is 8.21. The van der Waals surface area contributed by atoms with Gasteiger partial charge in [-0.2, -0.15) is 5.10 Å². The number of nitrogens with two attached hydrogens (primary N) is 1. The number of hydrogen-bond acceptors (Lipinski definition) is 6. The number of nitrogens with zero attached hydrogens (tertiary/aromatic N) is 3. The van der Waals surface area contributed by atoms with Crippen molar-refractivity contribution in [2.24, 2.45) is 0 Å². The molecule has 4 N–H and O–H groups in total. The minimum Gasteiger partial charge on any atom is -0.390 e. The number of amides is 1. The van der Waals surface area contributed by atoms with Gasteiger partial charge < -0.3 is 20.9 Å². The molecule has 0 spiro atoms. The molecule has 3 aromatic rings. The largest absolute Gasteiger partial charge is 0.390 e. The highest BCUT2D eigenvalue weighted by Crippen LogP contribution is 2.46. The molecule has 3 aliphatic carbocycles. The molecule has 4 aliphatic rings. The molecule has 1 saturated heterocycles. The molecular formula is C26H31N5O3. The molecule has 34 heavy (non-hydrogen) atoms. The van der Waals surface area contributed by atoms with Gasteiger partial charge in [0.2, 0.25) is 0 Å². The summed E-state index contributed by atoms with van der Waals surface area (Å²) in [5.41, 5.74) is 8.66. The summed E-state index contributed by atoms with van der Waals surface area (Å²) in [7, 11) is 0. The minimum atomic E-state index is -0.538. The van der Waals surface area contributed by atoms with Crippen molar-refractivity contribution in [1.82, 2.24) is 20.1 Å². The Hall–Kier alpha value is -2.97. The van der Waals surface area contributed by atoms with E-state index in [-0.39, 0.29) is 17.3 Å². The molecule has 1 amide bonds. The smallest absolute Gasteiger partial charge is 0.255 e. The second-order valence-corrected chi connectivity index (χ2v) is 10.3. The molecule has 4 fully saturated rings. The van der Waals surface area contributed by atoms with Crippen LogP contribution in [-0.4, -0.2) is 50.1 Å². The Morgan fingerprint density at radius 1 is 1.06 bits per heavy atom. The molecular weight excluding hydrogens is 430 g/mol. The summed E-state index contributed by atoms with van der Waals surface area (Å²) >= 11 is 0. The van der Waals surface area contributed by atoms with Gasteiger partial charge in [-0.25, -0.2) is 4.98 Å². The summed E-state index contributed by atoms with van der Waals surface area (Å²) < 4.78 is 7.60. The van der Waals surface area contributed by atoms with Crippen molar-refractivity contribution in [2.75, 3.05) is 18.9 Å². The number of fused-ring (bicyclic) bond motifs is 4. The van der Waals surface area contributed by atoms with Crippen LogP contribution in [0.1, 0.15) is 67.8 Å². The van der Waals surface area contributed by atoms with Gasteiger partial charge in [-0.1, -0.05) is 6.07 Å². The van der Waals surface area contributed by atoms with Gasteiger partial charge in [-0.15, -0.1) is 0 Å². The number of ether oxygens (including phenoxy) is 1. The first kappa shape index (κ1) is 21.6. The van der Waals surface area contributed by atoms with Gasteiger partial charge in [0.25, 0.3) is 5.91 Å². The summed E-state index contributed by atoms with van der Waals surface area (Å²) in [6.07, 6.45) is 10.2. The van der Waals surface area contributed by atoms with Gasteiger partial charge in [0, 0.05) is 35.9 Å². The normalized spacial score (nSPS) is 27.2. The van der Waals surface area contributed by atoms with E-state index in [1.165, 1.54) is 0 Å². The molecule has 0 unspecified atom stereocenters. The summed E-state index contributed by atoms with van der Waals surface area (Å²) in [6.45, 7) is 1.54. The summed E-state index contributed by atoms with van der Waals surface area (Å²) in [4.78, 5) is 17.6. The van der Waals surface area contributed by atoms with E-state index in [0.29, 0.717) is 11.6 Å². The molecule has 2 bridgehead atoms. The van der Waals surface area contributed by atoms with Crippen LogP contribution in [0, 0.1) is 0 Å². The van der Waals surface area contributed by atoms with Gasteiger partial charge in [0.1, 0.15) is 5.82 Å². The first-order chi connectivity index (χ1) is 16.4. The van der Waals surface area contributed by atoms with Crippen LogP contribution in [0.5, 0.6) is 0 Å². The molecule has 1 aliphatic heterocycles. The standard InChI is InChI=1S/C26H31N5O3/c27-23-21(24(32)30-25-5-8-26(33,9-6-25)10-7-25)14-18(15-28-23)17-1-2-22-19(13-17)16-29-31(22)20-3-11-34-12-4-20/h1-2,13-16,20,33H,3-12H2,(H2,27,28)(H,30,32). The Morgan fingerprint density at radius 2 is 1.79 bits per heavy atom. The lowest BCUT2D eigenvalue weighted by atomic mass is 9.63. The summed E-state index contributed by atoms with van der Waals surface area (Å²) in [5, 5.41) is 19.4. The zero-order valence-corrected chi connectivity index (χ0v) is 19.3. The molecule has 8 heteroatoms. The number of hydrogen-bond donors (Lipinski definition) is 3. The second-order valence-electron chi connectivity index (χ2n) is 10.3. The number of carbonyl (C=O) groups excluding carboxylic acids is 1. The molecule has 1 aromatic carbocycles. The Kier molecular flexibility index (Phi) is 5.11. The molecule has 178 valence electrons. The van der Waals surface area contributed by atoms with E-state index in [1.54, 1.807) is 6.20 Å².